The number of aryl methyl sites for hydroxylation is 4. The van der Waals surface area contributed by atoms with Crippen LogP contribution >= 0.6 is 47.0 Å². The molecule has 4 heterocycles. The van der Waals surface area contributed by atoms with E-state index in [9.17, 15) is 97.1 Å². The number of aliphatic carboxylic acids is 4. The summed E-state index contributed by atoms with van der Waals surface area (Å²) < 4.78 is 32.2. The molecule has 0 spiro atoms. The molecule has 2 aliphatic rings. The van der Waals surface area contributed by atoms with Gasteiger partial charge in [0.2, 0.25) is 23.7 Å². The fourth-order valence-corrected chi connectivity index (χ4v) is 20.3. The first kappa shape index (κ1) is 107. The number of H-pyrrole nitrogens is 4. The summed E-state index contributed by atoms with van der Waals surface area (Å²) in [6, 6.07) is 10.7. The highest BCUT2D eigenvalue weighted by Gasteiger charge is 2.37. The van der Waals surface area contributed by atoms with Crippen LogP contribution in [0.5, 0.6) is 0 Å². The van der Waals surface area contributed by atoms with Crippen molar-refractivity contribution < 1.29 is 116 Å². The molecule has 0 bridgehead atoms. The number of thioether (sulfide) groups is 4. The lowest BCUT2D eigenvalue weighted by Gasteiger charge is -2.36. The van der Waals surface area contributed by atoms with Gasteiger partial charge in [-0.05, 0) is 137 Å². The van der Waals surface area contributed by atoms with Crippen LogP contribution in [0.4, 0.5) is 11.9 Å². The molecule has 9 unspecified atom stereocenters. The minimum absolute atomic E-state index is 0.00112. The SMILES string of the molecule is CCC(CSC1CCC1SCC(CC(=O)CCOCCC(C)=O)C(=O)NCCOCCOC(=O)CCC(NC(=O)c1ccc(CCc2c[nH]c3nc(N)[nH]c(=O)c23)cc1)C(=O)O)C(=O)O.CCC(CSC1CCC1SCC(CC(=O)CCOCCC(C)=O)C(=O)O)C(=O)NCCOCCOC(=O)[C@@H](CCC(=O)O)NC(=O)c1ccc(CCc2c[nH]c3nc(N)[nH]c(=O)c23)cc1. The molecule has 2 saturated carbocycles. The van der Waals surface area contributed by atoms with Gasteiger partial charge in [0.1, 0.15) is 59.7 Å². The predicted molar refractivity (Wildman–Crippen MR) is 490 cm³/mol. The molecule has 2 aliphatic carbocycles. The topological polar surface area (TPSA) is 599 Å². The van der Waals surface area contributed by atoms with E-state index < -0.39 is 77.5 Å². The second-order valence-electron chi connectivity index (χ2n) is 31.5. The summed E-state index contributed by atoms with van der Waals surface area (Å²) >= 11 is 6.53. The Morgan fingerprint density at radius 3 is 1.27 bits per heavy atom. The Morgan fingerprint density at radius 2 is 0.846 bits per heavy atom. The minimum Gasteiger partial charge on any atom is -0.481 e. The van der Waals surface area contributed by atoms with E-state index in [1.54, 1.807) is 108 Å². The quantitative estimate of drug-likeness (QED) is 0.0140. The first-order valence-corrected chi connectivity index (χ1v) is 47.6. The number of nitrogens with zero attached hydrogens (tertiary/aromatic N) is 2. The van der Waals surface area contributed by atoms with E-state index in [4.69, 9.17) is 39.9 Å². The summed E-state index contributed by atoms with van der Waals surface area (Å²) in [7, 11) is 0. The van der Waals surface area contributed by atoms with Gasteiger partial charge in [-0.15, -0.1) is 0 Å². The molecule has 4 aromatic heterocycles. The van der Waals surface area contributed by atoms with E-state index in [1.165, 1.54) is 13.8 Å². The average Bonchev–Trinajstić information content (AvgIpc) is 1.66. The van der Waals surface area contributed by atoms with Crippen molar-refractivity contribution in [3.05, 3.63) is 115 Å². The van der Waals surface area contributed by atoms with Crippen LogP contribution in [0.15, 0.2) is 70.5 Å². The number of amides is 4. The van der Waals surface area contributed by atoms with Crippen LogP contribution in [0, 0.1) is 23.7 Å². The number of nitrogen functional groups attached to an aromatic ring is 2. The molecule has 712 valence electrons. The number of ether oxygens (including phenoxy) is 6. The van der Waals surface area contributed by atoms with Crippen LogP contribution in [-0.2, 0) is 112 Å². The van der Waals surface area contributed by atoms with E-state index in [2.05, 4.69) is 51.2 Å². The molecule has 0 radical (unpaired) electrons. The number of benzene rings is 2. The number of carbonyl (C=O) groups excluding carboxylic acids is 10. The molecule has 0 saturated heterocycles. The second kappa shape index (κ2) is 56.9. The number of rotatable bonds is 64. The van der Waals surface area contributed by atoms with Crippen LogP contribution in [0.3, 0.4) is 0 Å². The molecule has 2 aromatic carbocycles. The number of hydrogen-bond acceptors (Lipinski definition) is 30. The standard InChI is InChI=1S/2C44H60N6O13S2/c1-3-28(42(57)58)24-64-34-11-12-35(34)65-25-31(22-32(52)15-18-61-17-14-26(2)51)39(54)46-16-19-62-20-21-63-36(53)13-10-33(43(59)60)48-40(55)29-7-4-27(5-8-29)6-9-30-23-47-38-37(30)41(56)50-44(45)49-38;1-3-28(24-64-34-11-12-35(34)65-25-31(42(58)59)22-32(52)15-18-61-17-14-26(2)51)39(55)46-16-19-62-20-21-63-43(60)33(10-13-36(53)54)48-40(56)29-7-4-27(5-8-29)6-9-30-23-47-38-37(30)41(57)50-44(45)49-38/h4-5,7-8,23,28,31,33-35H,3,6,9-22,24-25H2,1-2H3,(H,46,54)(H,48,55)(H,57,58)(H,59,60)(H4,45,47,49,50,56);4-5,7-8,23,28,31,33-35H,3,6,9-22,24-25H2,1-2H3,(H,46,55)(H,48,56)(H,53,54)(H,58,59)(H4,45,47,49,50,57)/t;28?,31?,33-,34?,35?/m.1/s1. The van der Waals surface area contributed by atoms with E-state index >= 15 is 0 Å². The van der Waals surface area contributed by atoms with Gasteiger partial charge in [0, 0.05) is 138 Å². The number of anilines is 2. The number of Topliss-reactive ketones (excluding diaryl/α,β-unsaturated/α-hetero) is 4. The monoisotopic (exact) mass is 1890 g/mol. The average molecular weight is 1890 g/mol. The third kappa shape index (κ3) is 37.8. The summed E-state index contributed by atoms with van der Waals surface area (Å²) in [6.45, 7) is 7.81. The number of aromatic amines is 4. The highest BCUT2D eigenvalue weighted by atomic mass is 32.2. The van der Waals surface area contributed by atoms with E-state index in [1.807, 2.05) is 13.8 Å². The van der Waals surface area contributed by atoms with Crippen LogP contribution in [0.1, 0.15) is 173 Å². The maximum atomic E-state index is 13.3. The van der Waals surface area contributed by atoms with Crippen LogP contribution in [-0.4, -0.2) is 268 Å². The van der Waals surface area contributed by atoms with Crippen LogP contribution in [0.2, 0.25) is 0 Å². The summed E-state index contributed by atoms with van der Waals surface area (Å²) in [5.41, 5.74) is 15.1. The Bertz CT molecular complexity index is 4890. The molecule has 4 amide bonds. The van der Waals surface area contributed by atoms with E-state index in [-0.39, 0.29) is 239 Å². The van der Waals surface area contributed by atoms with Crippen molar-refractivity contribution in [2.24, 2.45) is 23.7 Å². The Balaban J connectivity index is 0.000000356. The Kier molecular flexibility index (Phi) is 46.7. The Hall–Kier alpha value is -10.5. The van der Waals surface area contributed by atoms with Gasteiger partial charge >= 0.3 is 35.8 Å². The van der Waals surface area contributed by atoms with Crippen molar-refractivity contribution in [2.75, 3.05) is 114 Å². The normalized spacial score (nSPS) is 15.9. The van der Waals surface area contributed by atoms with Gasteiger partial charge < -0.3 is 91.5 Å². The third-order valence-electron chi connectivity index (χ3n) is 21.6. The first-order valence-electron chi connectivity index (χ1n) is 43.4. The molecular formula is C88H120N12O26S4. The number of nitrogens with one attached hydrogen (secondary N) is 8. The molecule has 0 aliphatic heterocycles. The molecule has 8 rings (SSSR count). The summed E-state index contributed by atoms with van der Waals surface area (Å²) in [6.07, 6.45) is 10.2. The number of fused-ring (bicyclic) bond motifs is 2. The molecule has 2 fully saturated rings. The highest BCUT2D eigenvalue weighted by molar-refractivity contribution is 8.04. The Morgan fingerprint density at radius 1 is 0.454 bits per heavy atom. The maximum Gasteiger partial charge on any atom is 0.328 e. The van der Waals surface area contributed by atoms with Gasteiger partial charge in [0.15, 0.2) is 0 Å². The third-order valence-corrected chi connectivity index (χ3v) is 28.3. The maximum absolute atomic E-state index is 13.3. The number of carboxylic acids is 4. The summed E-state index contributed by atoms with van der Waals surface area (Å²) in [4.78, 5) is 215. The minimum atomic E-state index is -1.35. The zero-order valence-corrected chi connectivity index (χ0v) is 76.7. The van der Waals surface area contributed by atoms with Crippen LogP contribution in [0.25, 0.3) is 22.1 Å². The smallest absolute Gasteiger partial charge is 0.328 e. The van der Waals surface area contributed by atoms with Crippen molar-refractivity contribution >= 4 is 164 Å². The zero-order valence-electron chi connectivity index (χ0n) is 73.5. The second-order valence-corrected chi connectivity index (χ2v) is 36.6. The van der Waals surface area contributed by atoms with E-state index in [0.717, 1.165) is 47.9 Å². The molecular weight excluding hydrogens is 1770 g/mol. The molecule has 42 heteroatoms. The molecule has 130 heavy (non-hydrogen) atoms. The van der Waals surface area contributed by atoms with Crippen molar-refractivity contribution in [1.29, 1.82) is 0 Å². The summed E-state index contributed by atoms with van der Waals surface area (Å²) in [5, 5.41) is 50.7. The molecule has 38 nitrogen and oxygen atoms in total. The number of ketones is 4. The largest absolute Gasteiger partial charge is 0.481 e. The lowest BCUT2D eigenvalue weighted by atomic mass is 9.99. The highest BCUT2D eigenvalue weighted by Crippen LogP contribution is 2.43. The molecule has 6 aromatic rings. The van der Waals surface area contributed by atoms with Crippen molar-refractivity contribution in [3.63, 3.8) is 0 Å². The summed E-state index contributed by atoms with van der Waals surface area (Å²) in [5.74, 6) is -7.92. The Labute approximate surface area is 767 Å². The number of carbonyl (C=O) groups is 14. The fourth-order valence-electron chi connectivity index (χ4n) is 13.5. The van der Waals surface area contributed by atoms with E-state index in [0.29, 0.717) is 83.6 Å². The number of nitrogens with two attached hydrogens (primary N) is 2. The van der Waals surface area contributed by atoms with Gasteiger partial charge in [-0.25, -0.2) is 9.59 Å². The van der Waals surface area contributed by atoms with Crippen molar-refractivity contribution in [2.45, 2.75) is 189 Å². The zero-order chi connectivity index (χ0) is 94.6. The van der Waals surface area contributed by atoms with Crippen molar-refractivity contribution in [3.8, 4) is 0 Å². The van der Waals surface area contributed by atoms with Gasteiger partial charge in [-0.3, -0.25) is 77.1 Å². The molecule has 10 atom stereocenters. The van der Waals surface area contributed by atoms with Crippen LogP contribution < -0.4 is 43.9 Å². The van der Waals surface area contributed by atoms with Gasteiger partial charge in [0.05, 0.1) is 81.4 Å². The predicted octanol–water partition coefficient (Wildman–Crippen LogP) is 6.65. The first-order chi connectivity index (χ1) is 62.3. The number of aromatic nitrogens is 6. The van der Waals surface area contributed by atoms with Gasteiger partial charge in [-0.2, -0.15) is 57.0 Å². The number of hydrogen-bond donors (Lipinski definition) is 14. The van der Waals surface area contributed by atoms with Crippen molar-refractivity contribution in [1.82, 2.24) is 51.2 Å². The molecule has 16 N–H and O–H groups in total. The number of esters is 2. The lowest BCUT2D eigenvalue weighted by molar-refractivity contribution is -0.148. The van der Waals surface area contributed by atoms with Gasteiger partial charge in [0.25, 0.3) is 22.9 Å². The lowest BCUT2D eigenvalue weighted by Crippen LogP contribution is -2.42. The fraction of sp³-hybridized carbons (Fsp3) is 0.568. The number of carboxylic acid groups (broad SMARTS) is 4. The van der Waals surface area contributed by atoms with Gasteiger partial charge in [-0.1, -0.05) is 38.1 Å².